The zero-order valence-corrected chi connectivity index (χ0v) is 16.1. The second-order valence-corrected chi connectivity index (χ2v) is 6.66. The van der Waals surface area contributed by atoms with Crippen molar-refractivity contribution in [2.45, 2.75) is 6.10 Å². The summed E-state index contributed by atoms with van der Waals surface area (Å²) < 4.78 is 12.7. The molecule has 8 heteroatoms. The molecule has 0 saturated carbocycles. The van der Waals surface area contributed by atoms with Gasteiger partial charge in [-0.2, -0.15) is 10.4 Å². The molecule has 29 heavy (non-hydrogen) atoms. The first-order valence-corrected chi connectivity index (χ1v) is 9.09. The van der Waals surface area contributed by atoms with Gasteiger partial charge in [-0.05, 0) is 30.3 Å². The lowest BCUT2D eigenvalue weighted by Gasteiger charge is -2.38. The molecule has 0 radical (unpaired) electrons. The fourth-order valence-electron chi connectivity index (χ4n) is 3.22. The van der Waals surface area contributed by atoms with Crippen molar-refractivity contribution in [3.8, 4) is 29.0 Å². The topological polar surface area (TPSA) is 93.3 Å². The number of hydrogen-bond donors (Lipinski definition) is 0. The summed E-state index contributed by atoms with van der Waals surface area (Å²) in [6.07, 6.45) is 1.38. The Morgan fingerprint density at radius 3 is 2.79 bits per heavy atom. The lowest BCUT2D eigenvalue weighted by atomic mass is 10.1. The first-order valence-electron chi connectivity index (χ1n) is 9.09. The molecule has 1 aromatic carbocycles. The lowest BCUT2D eigenvalue weighted by molar-refractivity contribution is 0.0151. The average molecular weight is 389 g/mol. The van der Waals surface area contributed by atoms with Crippen molar-refractivity contribution in [3.05, 3.63) is 59.9 Å². The minimum Gasteiger partial charge on any atom is -0.496 e. The summed E-state index contributed by atoms with van der Waals surface area (Å²) in [7, 11) is 3.35. The smallest absolute Gasteiger partial charge is 0.272 e. The molecule has 0 bridgehead atoms. The molecule has 0 atom stereocenters. The van der Waals surface area contributed by atoms with Crippen LogP contribution in [0.15, 0.2) is 48.7 Å². The van der Waals surface area contributed by atoms with Crippen LogP contribution in [0.1, 0.15) is 16.1 Å². The number of carbonyl (C=O) groups excluding carboxylic acids is 1. The molecule has 1 amide bonds. The fourth-order valence-corrected chi connectivity index (χ4v) is 3.22. The summed E-state index contributed by atoms with van der Waals surface area (Å²) in [5.74, 6) is 0.874. The monoisotopic (exact) mass is 389 g/mol. The van der Waals surface area contributed by atoms with E-state index in [2.05, 4.69) is 16.2 Å². The van der Waals surface area contributed by atoms with E-state index in [1.54, 1.807) is 48.1 Å². The summed E-state index contributed by atoms with van der Waals surface area (Å²) in [6, 6.07) is 14.7. The van der Waals surface area contributed by atoms with Crippen molar-refractivity contribution in [1.82, 2.24) is 19.7 Å². The van der Waals surface area contributed by atoms with E-state index in [0.717, 1.165) is 5.56 Å². The molecule has 3 heterocycles. The standard InChI is InChI=1S/C21H19N5O3/c1-25-18(10-17(24-25)16-7-3-4-8-19(16)28-2)21(27)26-12-15(13-26)29-20-14(11-22)6-5-9-23-20/h3-10,15H,12-13H2,1-2H3. The van der Waals surface area contributed by atoms with E-state index in [1.165, 1.54) is 0 Å². The maximum atomic E-state index is 12.9. The summed E-state index contributed by atoms with van der Waals surface area (Å²) >= 11 is 0. The van der Waals surface area contributed by atoms with Crippen molar-refractivity contribution in [1.29, 1.82) is 5.26 Å². The van der Waals surface area contributed by atoms with Crippen molar-refractivity contribution >= 4 is 5.91 Å². The van der Waals surface area contributed by atoms with Gasteiger partial charge in [0.15, 0.2) is 0 Å². The van der Waals surface area contributed by atoms with Crippen LogP contribution in [-0.2, 0) is 7.05 Å². The molecule has 1 aliphatic heterocycles. The molecule has 146 valence electrons. The van der Waals surface area contributed by atoms with Gasteiger partial charge in [0.05, 0.1) is 25.9 Å². The minimum absolute atomic E-state index is 0.123. The van der Waals surface area contributed by atoms with Crippen LogP contribution in [0.2, 0.25) is 0 Å². The van der Waals surface area contributed by atoms with Gasteiger partial charge in [-0.15, -0.1) is 0 Å². The Kier molecular flexibility index (Phi) is 4.87. The molecule has 0 N–H and O–H groups in total. The Morgan fingerprint density at radius 1 is 1.24 bits per heavy atom. The average Bonchev–Trinajstić information content (AvgIpc) is 3.11. The second-order valence-electron chi connectivity index (χ2n) is 6.66. The number of likely N-dealkylation sites (tertiary alicyclic amines) is 1. The van der Waals surface area contributed by atoms with Gasteiger partial charge in [-0.3, -0.25) is 9.48 Å². The van der Waals surface area contributed by atoms with Gasteiger partial charge in [0, 0.05) is 18.8 Å². The van der Waals surface area contributed by atoms with Crippen molar-refractivity contribution in [2.75, 3.05) is 20.2 Å². The van der Waals surface area contributed by atoms with Gasteiger partial charge in [-0.1, -0.05) is 12.1 Å². The van der Waals surface area contributed by atoms with E-state index in [-0.39, 0.29) is 12.0 Å². The predicted molar refractivity (Wildman–Crippen MR) is 104 cm³/mol. The molecule has 3 aromatic rings. The first kappa shape index (κ1) is 18.5. The van der Waals surface area contributed by atoms with Crippen LogP contribution in [0.3, 0.4) is 0 Å². The number of amides is 1. The molecule has 8 nitrogen and oxygen atoms in total. The number of benzene rings is 1. The van der Waals surface area contributed by atoms with Crippen LogP contribution in [-0.4, -0.2) is 51.9 Å². The number of para-hydroxylation sites is 1. The number of pyridine rings is 1. The van der Waals surface area contributed by atoms with E-state index in [0.29, 0.717) is 41.7 Å². The molecule has 1 fully saturated rings. The van der Waals surface area contributed by atoms with E-state index >= 15 is 0 Å². The van der Waals surface area contributed by atoms with Crippen LogP contribution in [0.4, 0.5) is 0 Å². The summed E-state index contributed by atoms with van der Waals surface area (Å²) in [5.41, 5.74) is 2.37. The Morgan fingerprint density at radius 2 is 2.03 bits per heavy atom. The van der Waals surface area contributed by atoms with E-state index < -0.39 is 0 Å². The van der Waals surface area contributed by atoms with Gasteiger partial charge in [0.25, 0.3) is 5.91 Å². The van der Waals surface area contributed by atoms with Gasteiger partial charge < -0.3 is 14.4 Å². The molecular formula is C21H19N5O3. The molecule has 1 aliphatic rings. The molecular weight excluding hydrogens is 370 g/mol. The SMILES string of the molecule is COc1ccccc1-c1cc(C(=O)N2CC(Oc3ncccc3C#N)C2)n(C)n1. The molecule has 0 aliphatic carbocycles. The van der Waals surface area contributed by atoms with Gasteiger partial charge in [-0.25, -0.2) is 4.98 Å². The number of methoxy groups -OCH3 is 1. The largest absolute Gasteiger partial charge is 0.496 e. The van der Waals surface area contributed by atoms with E-state index in [1.807, 2.05) is 24.3 Å². The van der Waals surface area contributed by atoms with Gasteiger partial charge >= 0.3 is 0 Å². The van der Waals surface area contributed by atoms with Crippen LogP contribution in [0, 0.1) is 11.3 Å². The van der Waals surface area contributed by atoms with E-state index in [4.69, 9.17) is 14.7 Å². The molecule has 0 spiro atoms. The Labute approximate surface area is 167 Å². The zero-order valence-electron chi connectivity index (χ0n) is 16.1. The summed E-state index contributed by atoms with van der Waals surface area (Å²) in [5, 5.41) is 13.6. The molecule has 1 saturated heterocycles. The van der Waals surface area contributed by atoms with Crippen LogP contribution >= 0.6 is 0 Å². The van der Waals surface area contributed by atoms with Gasteiger partial charge in [0.2, 0.25) is 5.88 Å². The number of carbonyl (C=O) groups is 1. The number of hydrogen-bond acceptors (Lipinski definition) is 6. The quantitative estimate of drug-likeness (QED) is 0.665. The number of rotatable bonds is 5. The predicted octanol–water partition coefficient (Wildman–Crippen LogP) is 2.27. The highest BCUT2D eigenvalue weighted by atomic mass is 16.5. The highest BCUT2D eigenvalue weighted by Gasteiger charge is 2.35. The third-order valence-corrected chi connectivity index (χ3v) is 4.79. The Bertz CT molecular complexity index is 1100. The van der Waals surface area contributed by atoms with Crippen LogP contribution in [0.5, 0.6) is 11.6 Å². The normalized spacial score (nSPS) is 13.5. The first-order chi connectivity index (χ1) is 14.1. The summed E-state index contributed by atoms with van der Waals surface area (Å²) in [6.45, 7) is 0.852. The molecule has 4 rings (SSSR count). The van der Waals surface area contributed by atoms with E-state index in [9.17, 15) is 4.79 Å². The van der Waals surface area contributed by atoms with Crippen molar-refractivity contribution in [2.24, 2.45) is 7.05 Å². The Balaban J connectivity index is 1.45. The zero-order chi connectivity index (χ0) is 20.4. The third-order valence-electron chi connectivity index (χ3n) is 4.79. The number of nitrogens with zero attached hydrogens (tertiary/aromatic N) is 5. The number of aromatic nitrogens is 3. The van der Waals surface area contributed by atoms with Crippen LogP contribution in [0.25, 0.3) is 11.3 Å². The maximum absolute atomic E-state index is 12.9. The summed E-state index contributed by atoms with van der Waals surface area (Å²) in [4.78, 5) is 18.7. The molecule has 0 unspecified atom stereocenters. The minimum atomic E-state index is -0.192. The Hall–Kier alpha value is -3.86. The maximum Gasteiger partial charge on any atom is 0.272 e. The van der Waals surface area contributed by atoms with Crippen molar-refractivity contribution < 1.29 is 14.3 Å². The van der Waals surface area contributed by atoms with Gasteiger partial charge in [0.1, 0.15) is 29.2 Å². The number of aryl methyl sites for hydroxylation is 1. The number of nitriles is 1. The molecule has 2 aromatic heterocycles. The van der Waals surface area contributed by atoms with Crippen LogP contribution < -0.4 is 9.47 Å². The van der Waals surface area contributed by atoms with Crippen molar-refractivity contribution in [3.63, 3.8) is 0 Å². The third kappa shape index (κ3) is 3.50. The highest BCUT2D eigenvalue weighted by Crippen LogP contribution is 2.29. The highest BCUT2D eigenvalue weighted by molar-refractivity contribution is 5.94. The number of ether oxygens (including phenoxy) is 2. The lowest BCUT2D eigenvalue weighted by Crippen LogP contribution is -2.56. The fraction of sp³-hybridized carbons (Fsp3) is 0.238. The second kappa shape index (κ2) is 7.64.